The van der Waals surface area contributed by atoms with Gasteiger partial charge in [-0.3, -0.25) is 9.69 Å². The van der Waals surface area contributed by atoms with Gasteiger partial charge in [-0.25, -0.2) is 4.98 Å². The second-order valence-electron chi connectivity index (χ2n) is 7.59. The molecule has 1 aromatic heterocycles. The Morgan fingerprint density at radius 1 is 1.00 bits per heavy atom. The van der Waals surface area contributed by atoms with E-state index in [1.54, 1.807) is 11.3 Å². The minimum Gasteiger partial charge on any atom is -0.336 e. The van der Waals surface area contributed by atoms with Gasteiger partial charge < -0.3 is 4.90 Å². The van der Waals surface area contributed by atoms with Crippen molar-refractivity contribution in [2.45, 2.75) is 25.4 Å². The van der Waals surface area contributed by atoms with Crippen molar-refractivity contribution in [3.63, 3.8) is 0 Å². The SMILES string of the molecule is O=C(c1csc(-c2ccccc2)n1)N1CC[C@@H](N2CCc3ccccc3C2)C1. The van der Waals surface area contributed by atoms with Gasteiger partial charge in [0.1, 0.15) is 10.7 Å². The van der Waals surface area contributed by atoms with Crippen molar-refractivity contribution < 1.29 is 4.79 Å². The molecule has 1 atom stereocenters. The van der Waals surface area contributed by atoms with Crippen LogP contribution in [-0.2, 0) is 13.0 Å². The summed E-state index contributed by atoms with van der Waals surface area (Å²) < 4.78 is 0. The molecule has 142 valence electrons. The lowest BCUT2D eigenvalue weighted by atomic mass is 9.98. The van der Waals surface area contributed by atoms with Crippen LogP contribution in [0.5, 0.6) is 0 Å². The van der Waals surface area contributed by atoms with Crippen LogP contribution in [0.3, 0.4) is 0 Å². The number of nitrogens with zero attached hydrogens (tertiary/aromatic N) is 3. The fourth-order valence-corrected chi connectivity index (χ4v) is 5.10. The Kier molecular flexibility index (Phi) is 4.71. The number of hydrogen-bond donors (Lipinski definition) is 0. The van der Waals surface area contributed by atoms with Gasteiger partial charge in [-0.15, -0.1) is 11.3 Å². The standard InChI is InChI=1S/C23H23N3OS/c27-23(21-16-28-22(24-21)18-7-2-1-3-8-18)26-13-11-20(15-26)25-12-10-17-6-4-5-9-19(17)14-25/h1-9,16,20H,10-15H2/t20-/m1/s1. The number of carbonyl (C=O) groups excluding carboxylic acids is 1. The Bertz CT molecular complexity index is 984. The second-order valence-corrected chi connectivity index (χ2v) is 8.44. The molecule has 0 radical (unpaired) electrons. The van der Waals surface area contributed by atoms with Crippen molar-refractivity contribution in [2.75, 3.05) is 19.6 Å². The first-order chi connectivity index (χ1) is 13.8. The Labute approximate surface area is 169 Å². The van der Waals surface area contributed by atoms with Crippen LogP contribution in [0.2, 0.25) is 0 Å². The topological polar surface area (TPSA) is 36.4 Å². The molecule has 0 saturated carbocycles. The lowest BCUT2D eigenvalue weighted by Crippen LogP contribution is -2.41. The molecule has 28 heavy (non-hydrogen) atoms. The van der Waals surface area contributed by atoms with E-state index in [1.807, 2.05) is 40.6 Å². The molecule has 0 unspecified atom stereocenters. The van der Waals surface area contributed by atoms with Crippen molar-refractivity contribution in [1.82, 2.24) is 14.8 Å². The quantitative estimate of drug-likeness (QED) is 0.677. The lowest BCUT2D eigenvalue weighted by Gasteiger charge is -2.33. The summed E-state index contributed by atoms with van der Waals surface area (Å²) in [5, 5.41) is 2.81. The smallest absolute Gasteiger partial charge is 0.273 e. The van der Waals surface area contributed by atoms with E-state index in [-0.39, 0.29) is 5.91 Å². The molecule has 3 heterocycles. The van der Waals surface area contributed by atoms with Crippen molar-refractivity contribution >= 4 is 17.2 Å². The number of benzene rings is 2. The van der Waals surface area contributed by atoms with E-state index in [9.17, 15) is 4.79 Å². The molecule has 0 bridgehead atoms. The van der Waals surface area contributed by atoms with Gasteiger partial charge >= 0.3 is 0 Å². The van der Waals surface area contributed by atoms with Crippen molar-refractivity contribution in [3.05, 3.63) is 76.8 Å². The van der Waals surface area contributed by atoms with E-state index < -0.39 is 0 Å². The molecule has 1 saturated heterocycles. The molecule has 5 heteroatoms. The van der Waals surface area contributed by atoms with Crippen LogP contribution in [0.4, 0.5) is 0 Å². The van der Waals surface area contributed by atoms with Gasteiger partial charge in [-0.05, 0) is 24.0 Å². The fourth-order valence-electron chi connectivity index (χ4n) is 4.30. The van der Waals surface area contributed by atoms with Gasteiger partial charge in [0.25, 0.3) is 5.91 Å². The van der Waals surface area contributed by atoms with E-state index >= 15 is 0 Å². The Morgan fingerprint density at radius 3 is 2.64 bits per heavy atom. The van der Waals surface area contributed by atoms with Crippen LogP contribution in [0.1, 0.15) is 28.0 Å². The van der Waals surface area contributed by atoms with Crippen molar-refractivity contribution in [3.8, 4) is 10.6 Å². The maximum Gasteiger partial charge on any atom is 0.273 e. The minimum atomic E-state index is 0.0679. The number of likely N-dealkylation sites (tertiary alicyclic amines) is 1. The Hall–Kier alpha value is -2.50. The molecule has 2 aromatic carbocycles. The average Bonchev–Trinajstić information content (AvgIpc) is 3.44. The second kappa shape index (κ2) is 7.49. The fraction of sp³-hybridized carbons (Fsp3) is 0.304. The van der Waals surface area contributed by atoms with E-state index in [1.165, 1.54) is 11.1 Å². The van der Waals surface area contributed by atoms with Crippen LogP contribution in [0.15, 0.2) is 60.0 Å². The summed E-state index contributed by atoms with van der Waals surface area (Å²) in [4.78, 5) is 22.1. The number of rotatable bonds is 3. The first-order valence-corrected chi connectivity index (χ1v) is 10.8. The molecule has 0 N–H and O–H groups in total. The number of hydrogen-bond acceptors (Lipinski definition) is 4. The van der Waals surface area contributed by atoms with Gasteiger partial charge in [-0.2, -0.15) is 0 Å². The first-order valence-electron chi connectivity index (χ1n) is 9.89. The highest BCUT2D eigenvalue weighted by Gasteiger charge is 2.33. The minimum absolute atomic E-state index is 0.0679. The van der Waals surface area contributed by atoms with Crippen molar-refractivity contribution in [1.29, 1.82) is 0 Å². The molecular formula is C23H23N3OS. The Morgan fingerprint density at radius 2 is 1.79 bits per heavy atom. The van der Waals surface area contributed by atoms with Crippen molar-refractivity contribution in [2.24, 2.45) is 0 Å². The summed E-state index contributed by atoms with van der Waals surface area (Å²) in [6, 6.07) is 19.2. The zero-order chi connectivity index (χ0) is 18.9. The van der Waals surface area contributed by atoms with Crippen LogP contribution in [-0.4, -0.2) is 46.4 Å². The summed E-state index contributed by atoms with van der Waals surface area (Å²) in [7, 11) is 0. The van der Waals surface area contributed by atoms with Gasteiger partial charge in [0, 0.05) is 43.2 Å². The lowest BCUT2D eigenvalue weighted by molar-refractivity contribution is 0.0768. The molecule has 1 amide bonds. The molecule has 5 rings (SSSR count). The third kappa shape index (κ3) is 3.36. The maximum atomic E-state index is 13.0. The van der Waals surface area contributed by atoms with Crippen LogP contribution in [0, 0.1) is 0 Å². The zero-order valence-corrected chi connectivity index (χ0v) is 16.6. The molecular weight excluding hydrogens is 366 g/mol. The third-order valence-electron chi connectivity index (χ3n) is 5.87. The van der Waals surface area contributed by atoms with Crippen LogP contribution in [0.25, 0.3) is 10.6 Å². The zero-order valence-electron chi connectivity index (χ0n) is 15.8. The largest absolute Gasteiger partial charge is 0.336 e. The van der Waals surface area contributed by atoms with Gasteiger partial charge in [0.2, 0.25) is 0 Å². The number of thiazole rings is 1. The summed E-state index contributed by atoms with van der Waals surface area (Å²) in [6.45, 7) is 3.70. The predicted molar refractivity (Wildman–Crippen MR) is 112 cm³/mol. The average molecular weight is 390 g/mol. The molecule has 2 aliphatic heterocycles. The summed E-state index contributed by atoms with van der Waals surface area (Å²) in [6.07, 6.45) is 2.15. The monoisotopic (exact) mass is 389 g/mol. The van der Waals surface area contributed by atoms with E-state index in [0.29, 0.717) is 11.7 Å². The molecule has 1 fully saturated rings. The summed E-state index contributed by atoms with van der Waals surface area (Å²) in [5.74, 6) is 0.0679. The number of aromatic nitrogens is 1. The summed E-state index contributed by atoms with van der Waals surface area (Å²) in [5.41, 5.74) is 4.55. The van der Waals surface area contributed by atoms with E-state index in [4.69, 9.17) is 0 Å². The van der Waals surface area contributed by atoms with Gasteiger partial charge in [-0.1, -0.05) is 54.6 Å². The number of amides is 1. The molecule has 4 nitrogen and oxygen atoms in total. The highest BCUT2D eigenvalue weighted by Crippen LogP contribution is 2.27. The number of fused-ring (bicyclic) bond motifs is 1. The number of carbonyl (C=O) groups is 1. The molecule has 3 aromatic rings. The summed E-state index contributed by atoms with van der Waals surface area (Å²) >= 11 is 1.54. The van der Waals surface area contributed by atoms with Gasteiger partial charge in [0.15, 0.2) is 0 Å². The Balaban J connectivity index is 1.25. The predicted octanol–water partition coefficient (Wildman–Crippen LogP) is 4.08. The van der Waals surface area contributed by atoms with E-state index in [0.717, 1.165) is 49.6 Å². The van der Waals surface area contributed by atoms with Crippen LogP contribution >= 0.6 is 11.3 Å². The molecule has 0 spiro atoms. The molecule has 2 aliphatic rings. The maximum absolute atomic E-state index is 13.0. The highest BCUT2D eigenvalue weighted by atomic mass is 32.1. The highest BCUT2D eigenvalue weighted by molar-refractivity contribution is 7.13. The third-order valence-corrected chi connectivity index (χ3v) is 6.76. The first kappa shape index (κ1) is 17.6. The normalized spacial score (nSPS) is 19.6. The van der Waals surface area contributed by atoms with Gasteiger partial charge in [0.05, 0.1) is 0 Å². The van der Waals surface area contributed by atoms with E-state index in [2.05, 4.69) is 34.1 Å². The molecule has 0 aliphatic carbocycles. The van der Waals surface area contributed by atoms with Crippen LogP contribution < -0.4 is 0 Å².